The number of nitrogens with one attached hydrogen (secondary N) is 1. The Labute approximate surface area is 116 Å². The molecular formula is C12H15N3O2S2. The zero-order valence-corrected chi connectivity index (χ0v) is 12.3. The van der Waals surface area contributed by atoms with Crippen LogP contribution in [0.4, 0.5) is 5.69 Å². The lowest BCUT2D eigenvalue weighted by molar-refractivity contribution is 0.598. The zero-order valence-electron chi connectivity index (χ0n) is 10.6. The molecular weight excluding hydrogens is 282 g/mol. The minimum Gasteiger partial charge on any atom is -0.375 e. The largest absolute Gasteiger partial charge is 0.375 e. The summed E-state index contributed by atoms with van der Waals surface area (Å²) in [7, 11) is -3.74. The summed E-state index contributed by atoms with van der Waals surface area (Å²) in [4.78, 5) is 5.49. The average Bonchev–Trinajstić information content (AvgIpc) is 2.75. The Morgan fingerprint density at radius 2 is 2.05 bits per heavy atom. The molecule has 2 aromatic rings. The molecule has 3 N–H and O–H groups in total. The summed E-state index contributed by atoms with van der Waals surface area (Å²) in [5.41, 5.74) is 0.491. The Bertz CT molecular complexity index is 680. The van der Waals surface area contributed by atoms with Crippen molar-refractivity contribution in [1.82, 2.24) is 4.98 Å². The molecule has 0 saturated carbocycles. The molecule has 7 heteroatoms. The quantitative estimate of drug-likeness (QED) is 0.906. The number of sulfonamides is 1. The van der Waals surface area contributed by atoms with Crippen LogP contribution in [0.1, 0.15) is 22.9 Å². The van der Waals surface area contributed by atoms with E-state index in [1.54, 1.807) is 35.7 Å². The van der Waals surface area contributed by atoms with Gasteiger partial charge in [-0.1, -0.05) is 12.1 Å². The smallest absolute Gasteiger partial charge is 0.240 e. The first-order valence-electron chi connectivity index (χ1n) is 5.68. The highest BCUT2D eigenvalue weighted by Crippen LogP contribution is 2.26. The van der Waals surface area contributed by atoms with Crippen molar-refractivity contribution in [3.05, 3.63) is 40.3 Å². The highest BCUT2D eigenvalue weighted by Gasteiger charge is 2.16. The average molecular weight is 297 g/mol. The Balaban J connectivity index is 2.29. The lowest BCUT2D eigenvalue weighted by Gasteiger charge is -2.15. The van der Waals surface area contributed by atoms with E-state index < -0.39 is 10.0 Å². The van der Waals surface area contributed by atoms with Crippen molar-refractivity contribution >= 4 is 27.0 Å². The Hall–Kier alpha value is -1.44. The molecule has 0 aliphatic heterocycles. The van der Waals surface area contributed by atoms with Crippen molar-refractivity contribution in [1.29, 1.82) is 0 Å². The van der Waals surface area contributed by atoms with Crippen LogP contribution >= 0.6 is 11.3 Å². The van der Waals surface area contributed by atoms with E-state index in [-0.39, 0.29) is 10.9 Å². The number of hydrogen-bond donors (Lipinski definition) is 2. The van der Waals surface area contributed by atoms with E-state index in [1.807, 2.05) is 13.8 Å². The Morgan fingerprint density at radius 3 is 2.63 bits per heavy atom. The van der Waals surface area contributed by atoms with Gasteiger partial charge in [0.15, 0.2) is 0 Å². The van der Waals surface area contributed by atoms with Gasteiger partial charge in [-0.3, -0.25) is 0 Å². The van der Waals surface area contributed by atoms with E-state index in [2.05, 4.69) is 10.3 Å². The summed E-state index contributed by atoms with van der Waals surface area (Å²) < 4.78 is 23.0. The summed E-state index contributed by atoms with van der Waals surface area (Å²) in [6.07, 6.45) is 1.80. The summed E-state index contributed by atoms with van der Waals surface area (Å²) in [6, 6.07) is 6.50. The molecule has 0 aliphatic carbocycles. The molecule has 2 rings (SSSR count). The van der Waals surface area contributed by atoms with Crippen molar-refractivity contribution < 1.29 is 8.42 Å². The number of nitrogens with zero attached hydrogens (tertiary/aromatic N) is 1. The van der Waals surface area contributed by atoms with E-state index in [0.29, 0.717) is 5.69 Å². The van der Waals surface area contributed by atoms with Gasteiger partial charge in [-0.25, -0.2) is 18.5 Å². The number of benzene rings is 1. The highest BCUT2D eigenvalue weighted by molar-refractivity contribution is 7.89. The molecule has 0 radical (unpaired) electrons. The fraction of sp³-hybridized carbons (Fsp3) is 0.250. The van der Waals surface area contributed by atoms with Gasteiger partial charge in [0, 0.05) is 11.1 Å². The molecule has 1 unspecified atom stereocenters. The first-order chi connectivity index (χ1) is 8.88. The molecule has 102 valence electrons. The fourth-order valence-corrected chi connectivity index (χ4v) is 3.18. The van der Waals surface area contributed by atoms with Crippen LogP contribution in [-0.2, 0) is 10.0 Å². The van der Waals surface area contributed by atoms with Crippen LogP contribution in [0.5, 0.6) is 0 Å². The maximum Gasteiger partial charge on any atom is 0.240 e. The van der Waals surface area contributed by atoms with E-state index >= 15 is 0 Å². The summed E-state index contributed by atoms with van der Waals surface area (Å²) in [6.45, 7) is 3.91. The second-order valence-corrected chi connectivity index (χ2v) is 7.01. The number of nitrogens with two attached hydrogens (primary N) is 1. The number of aromatic nitrogens is 1. The third-order valence-corrected chi connectivity index (χ3v) is 4.64. The molecule has 1 aromatic carbocycles. The van der Waals surface area contributed by atoms with Gasteiger partial charge in [0.25, 0.3) is 0 Å². The number of primary sulfonamides is 1. The number of hydrogen-bond acceptors (Lipinski definition) is 5. The van der Waals surface area contributed by atoms with Gasteiger partial charge in [-0.05, 0) is 26.0 Å². The van der Waals surface area contributed by atoms with Gasteiger partial charge in [0.05, 0.1) is 11.7 Å². The monoisotopic (exact) mass is 297 g/mol. The predicted molar refractivity (Wildman–Crippen MR) is 76.7 cm³/mol. The molecule has 1 atom stereocenters. The maximum atomic E-state index is 11.5. The third-order valence-electron chi connectivity index (χ3n) is 2.58. The summed E-state index contributed by atoms with van der Waals surface area (Å²) in [5.74, 6) is 0. The minimum atomic E-state index is -3.74. The first kappa shape index (κ1) is 14.0. The number of para-hydroxylation sites is 1. The number of thiazole rings is 1. The van der Waals surface area contributed by atoms with E-state index in [0.717, 1.165) is 9.88 Å². The van der Waals surface area contributed by atoms with Crippen LogP contribution in [0.2, 0.25) is 0 Å². The van der Waals surface area contributed by atoms with Crippen molar-refractivity contribution in [2.45, 2.75) is 24.8 Å². The van der Waals surface area contributed by atoms with Gasteiger partial charge in [-0.15, -0.1) is 11.3 Å². The van der Waals surface area contributed by atoms with Gasteiger partial charge in [0.2, 0.25) is 10.0 Å². The van der Waals surface area contributed by atoms with Crippen LogP contribution in [-0.4, -0.2) is 13.4 Å². The van der Waals surface area contributed by atoms with Crippen molar-refractivity contribution in [2.75, 3.05) is 5.32 Å². The van der Waals surface area contributed by atoms with Crippen molar-refractivity contribution in [2.24, 2.45) is 5.14 Å². The van der Waals surface area contributed by atoms with Crippen LogP contribution in [0, 0.1) is 6.92 Å². The molecule has 0 bridgehead atoms. The zero-order chi connectivity index (χ0) is 14.0. The molecule has 0 spiro atoms. The van der Waals surface area contributed by atoms with Gasteiger partial charge < -0.3 is 5.32 Å². The molecule has 0 fully saturated rings. The molecule has 1 heterocycles. The SMILES string of the molecule is Cc1cnc(C(C)Nc2ccccc2S(N)(=O)=O)s1. The van der Waals surface area contributed by atoms with Gasteiger partial charge >= 0.3 is 0 Å². The molecule has 0 saturated heterocycles. The summed E-state index contributed by atoms with van der Waals surface area (Å²) >= 11 is 1.57. The topological polar surface area (TPSA) is 85.1 Å². The van der Waals surface area contributed by atoms with Crippen LogP contribution in [0.3, 0.4) is 0 Å². The second kappa shape index (κ2) is 5.28. The second-order valence-electron chi connectivity index (χ2n) is 4.22. The number of aryl methyl sites for hydroxylation is 1. The van der Waals surface area contributed by atoms with E-state index in [1.165, 1.54) is 6.07 Å². The van der Waals surface area contributed by atoms with E-state index in [4.69, 9.17) is 5.14 Å². The molecule has 19 heavy (non-hydrogen) atoms. The summed E-state index contributed by atoms with van der Waals surface area (Å²) in [5, 5.41) is 9.24. The third kappa shape index (κ3) is 3.31. The van der Waals surface area contributed by atoms with Crippen molar-refractivity contribution in [3.8, 4) is 0 Å². The van der Waals surface area contributed by atoms with Crippen LogP contribution in [0.15, 0.2) is 35.4 Å². The Kier molecular flexibility index (Phi) is 3.88. The van der Waals surface area contributed by atoms with Crippen LogP contribution in [0.25, 0.3) is 0 Å². The highest BCUT2D eigenvalue weighted by atomic mass is 32.2. The molecule has 0 aliphatic rings. The van der Waals surface area contributed by atoms with Gasteiger partial charge in [0.1, 0.15) is 9.90 Å². The predicted octanol–water partition coefficient (Wildman–Crippen LogP) is 2.27. The lowest BCUT2D eigenvalue weighted by atomic mass is 10.2. The van der Waals surface area contributed by atoms with Gasteiger partial charge in [-0.2, -0.15) is 0 Å². The van der Waals surface area contributed by atoms with Crippen molar-refractivity contribution in [3.63, 3.8) is 0 Å². The maximum absolute atomic E-state index is 11.5. The molecule has 1 aromatic heterocycles. The minimum absolute atomic E-state index is 0.0819. The molecule has 0 amide bonds. The standard InChI is InChI=1S/C12H15N3O2S2/c1-8-7-14-12(18-8)9(2)15-10-5-3-4-6-11(10)19(13,16)17/h3-7,9,15H,1-2H3,(H2,13,16,17). The molecule has 5 nitrogen and oxygen atoms in total. The normalized spacial score (nSPS) is 13.2. The number of rotatable bonds is 4. The lowest BCUT2D eigenvalue weighted by Crippen LogP contribution is -2.16. The number of anilines is 1. The van der Waals surface area contributed by atoms with E-state index in [9.17, 15) is 8.42 Å². The van der Waals surface area contributed by atoms with Crippen LogP contribution < -0.4 is 10.5 Å². The first-order valence-corrected chi connectivity index (χ1v) is 8.05. The fourth-order valence-electron chi connectivity index (χ4n) is 1.70. The Morgan fingerprint density at radius 1 is 1.37 bits per heavy atom.